The number of sulfonamides is 1. The number of hydrogen-bond donors (Lipinski definition) is 2. The minimum Gasteiger partial charge on any atom is -0.352 e. The zero-order chi connectivity index (χ0) is 18.0. The second-order valence-corrected chi connectivity index (χ2v) is 7.15. The van der Waals surface area contributed by atoms with Gasteiger partial charge in [-0.25, -0.2) is 13.6 Å². The van der Waals surface area contributed by atoms with Crippen molar-refractivity contribution in [2.45, 2.75) is 18.2 Å². The van der Waals surface area contributed by atoms with Crippen molar-refractivity contribution in [3.05, 3.63) is 59.5 Å². The van der Waals surface area contributed by atoms with Crippen molar-refractivity contribution in [3.8, 4) is 0 Å². The van der Waals surface area contributed by atoms with E-state index in [0.29, 0.717) is 24.2 Å². The summed E-state index contributed by atoms with van der Waals surface area (Å²) in [5, 5.41) is 15.8. The molecule has 1 amide bonds. The van der Waals surface area contributed by atoms with Crippen LogP contribution in [0.15, 0.2) is 47.5 Å². The van der Waals surface area contributed by atoms with Crippen molar-refractivity contribution >= 4 is 21.6 Å². The van der Waals surface area contributed by atoms with Gasteiger partial charge in [0, 0.05) is 18.3 Å². The van der Waals surface area contributed by atoms with Gasteiger partial charge >= 0.3 is 0 Å². The van der Waals surface area contributed by atoms with Crippen LogP contribution in [-0.2, 0) is 16.4 Å². The first-order chi connectivity index (χ1) is 11.8. The lowest BCUT2D eigenvalue weighted by molar-refractivity contribution is 0.0954. The number of nitrogens with two attached hydrogens (primary N) is 1. The highest BCUT2D eigenvalue weighted by Gasteiger charge is 2.09. The molecule has 130 valence electrons. The zero-order valence-corrected chi connectivity index (χ0v) is 14.3. The Labute approximate surface area is 144 Å². The fraction of sp³-hybridized carbons (Fsp3) is 0.188. The smallest absolute Gasteiger partial charge is 0.251 e. The van der Waals surface area contributed by atoms with Gasteiger partial charge in [0.15, 0.2) is 5.65 Å². The molecule has 8 nitrogen and oxygen atoms in total. The molecule has 1 aromatic carbocycles. The summed E-state index contributed by atoms with van der Waals surface area (Å²) in [7, 11) is -3.69. The molecule has 0 atom stereocenters. The summed E-state index contributed by atoms with van der Waals surface area (Å²) in [6, 6.07) is 9.64. The average Bonchev–Trinajstić information content (AvgIpc) is 2.95. The number of aryl methyl sites for hydroxylation is 1. The predicted molar refractivity (Wildman–Crippen MR) is 91.6 cm³/mol. The van der Waals surface area contributed by atoms with Crippen molar-refractivity contribution in [1.82, 2.24) is 19.9 Å². The number of carbonyl (C=O) groups is 1. The van der Waals surface area contributed by atoms with Crippen LogP contribution in [0.3, 0.4) is 0 Å². The maximum Gasteiger partial charge on any atom is 0.251 e. The number of nitrogens with one attached hydrogen (secondary N) is 1. The molecule has 2 aromatic heterocycles. The van der Waals surface area contributed by atoms with E-state index in [1.807, 2.05) is 6.92 Å². The third-order valence-electron chi connectivity index (χ3n) is 3.79. The number of amides is 1. The van der Waals surface area contributed by atoms with Crippen molar-refractivity contribution in [1.29, 1.82) is 0 Å². The number of carbonyl (C=O) groups excluding carboxylic acids is 1. The summed E-state index contributed by atoms with van der Waals surface area (Å²) in [6.07, 6.45) is 2.33. The Morgan fingerprint density at radius 2 is 1.92 bits per heavy atom. The van der Waals surface area contributed by atoms with Gasteiger partial charge in [-0.2, -0.15) is 0 Å². The van der Waals surface area contributed by atoms with Crippen LogP contribution in [0.1, 0.15) is 21.7 Å². The Morgan fingerprint density at radius 1 is 1.20 bits per heavy atom. The molecule has 25 heavy (non-hydrogen) atoms. The average molecular weight is 359 g/mol. The monoisotopic (exact) mass is 359 g/mol. The van der Waals surface area contributed by atoms with Crippen LogP contribution >= 0.6 is 0 Å². The third kappa shape index (κ3) is 3.83. The van der Waals surface area contributed by atoms with Crippen LogP contribution in [0, 0.1) is 6.92 Å². The van der Waals surface area contributed by atoms with Crippen molar-refractivity contribution in [2.24, 2.45) is 5.14 Å². The van der Waals surface area contributed by atoms with Gasteiger partial charge in [0.25, 0.3) is 5.91 Å². The van der Waals surface area contributed by atoms with Gasteiger partial charge < -0.3 is 5.32 Å². The molecule has 3 aromatic rings. The van der Waals surface area contributed by atoms with Gasteiger partial charge in [0.1, 0.15) is 5.82 Å². The second-order valence-electron chi connectivity index (χ2n) is 5.59. The third-order valence-corrected chi connectivity index (χ3v) is 4.72. The van der Waals surface area contributed by atoms with Gasteiger partial charge in [-0.15, -0.1) is 10.2 Å². The van der Waals surface area contributed by atoms with E-state index in [1.165, 1.54) is 12.1 Å². The van der Waals surface area contributed by atoms with Crippen LogP contribution in [0.5, 0.6) is 0 Å². The number of primary sulfonamides is 1. The van der Waals surface area contributed by atoms with Gasteiger partial charge in [-0.05, 0) is 43.2 Å². The number of fused-ring (bicyclic) bond motifs is 1. The highest BCUT2D eigenvalue weighted by atomic mass is 32.2. The number of hydrogen-bond acceptors (Lipinski definition) is 5. The lowest BCUT2D eigenvalue weighted by Gasteiger charge is -2.06. The molecule has 2 heterocycles. The van der Waals surface area contributed by atoms with E-state index >= 15 is 0 Å². The van der Waals surface area contributed by atoms with Gasteiger partial charge in [0.2, 0.25) is 10.0 Å². The highest BCUT2D eigenvalue weighted by Crippen LogP contribution is 2.10. The fourth-order valence-corrected chi connectivity index (χ4v) is 2.94. The molecule has 0 spiro atoms. The predicted octanol–water partition coefficient (Wildman–Crippen LogP) is 0.658. The van der Waals surface area contributed by atoms with E-state index in [0.717, 1.165) is 11.4 Å². The van der Waals surface area contributed by atoms with Crippen molar-refractivity contribution < 1.29 is 13.2 Å². The minimum atomic E-state index is -3.69. The Morgan fingerprint density at radius 3 is 2.60 bits per heavy atom. The Kier molecular flexibility index (Phi) is 4.51. The molecule has 0 aliphatic carbocycles. The SMILES string of the molecule is Cc1nnc2cc(C(=O)NCCc3ccc(S(N)(=O)=O)cc3)ccn12. The first-order valence-electron chi connectivity index (χ1n) is 7.56. The van der Waals surface area contributed by atoms with E-state index in [2.05, 4.69) is 15.5 Å². The number of benzene rings is 1. The summed E-state index contributed by atoms with van der Waals surface area (Å²) < 4.78 is 24.2. The van der Waals surface area contributed by atoms with Crippen LogP contribution in [0.4, 0.5) is 0 Å². The maximum absolute atomic E-state index is 12.2. The van der Waals surface area contributed by atoms with Crippen molar-refractivity contribution in [2.75, 3.05) is 6.54 Å². The first kappa shape index (κ1) is 17.1. The van der Waals surface area contributed by atoms with E-state index in [1.54, 1.807) is 34.9 Å². The lowest BCUT2D eigenvalue weighted by Crippen LogP contribution is -2.25. The number of nitrogens with zero attached hydrogens (tertiary/aromatic N) is 3. The van der Waals surface area contributed by atoms with Crippen LogP contribution in [0.25, 0.3) is 5.65 Å². The van der Waals surface area contributed by atoms with Gasteiger partial charge in [-0.3, -0.25) is 9.20 Å². The van der Waals surface area contributed by atoms with E-state index in [4.69, 9.17) is 5.14 Å². The normalized spacial score (nSPS) is 11.6. The molecular weight excluding hydrogens is 342 g/mol. The summed E-state index contributed by atoms with van der Waals surface area (Å²) in [4.78, 5) is 12.3. The zero-order valence-electron chi connectivity index (χ0n) is 13.5. The molecule has 0 aliphatic rings. The Bertz CT molecular complexity index is 1030. The van der Waals surface area contributed by atoms with Gasteiger partial charge in [0.05, 0.1) is 4.90 Å². The van der Waals surface area contributed by atoms with Crippen molar-refractivity contribution in [3.63, 3.8) is 0 Å². The number of rotatable bonds is 5. The van der Waals surface area contributed by atoms with Crippen LogP contribution < -0.4 is 10.5 Å². The maximum atomic E-state index is 12.2. The molecule has 0 fully saturated rings. The molecular formula is C16H17N5O3S. The fourth-order valence-electron chi connectivity index (χ4n) is 2.42. The highest BCUT2D eigenvalue weighted by molar-refractivity contribution is 7.89. The van der Waals surface area contributed by atoms with Gasteiger partial charge in [-0.1, -0.05) is 12.1 Å². The van der Waals surface area contributed by atoms with E-state index in [-0.39, 0.29) is 10.8 Å². The molecule has 0 unspecified atom stereocenters. The summed E-state index contributed by atoms with van der Waals surface area (Å²) in [5.41, 5.74) is 2.02. The Balaban J connectivity index is 1.60. The quantitative estimate of drug-likeness (QED) is 0.693. The van der Waals surface area contributed by atoms with E-state index < -0.39 is 10.0 Å². The van der Waals surface area contributed by atoms with Crippen LogP contribution in [0.2, 0.25) is 0 Å². The molecule has 0 bridgehead atoms. The largest absolute Gasteiger partial charge is 0.352 e. The molecule has 0 saturated heterocycles. The van der Waals surface area contributed by atoms with Crippen LogP contribution in [-0.4, -0.2) is 35.5 Å². The van der Waals surface area contributed by atoms with E-state index in [9.17, 15) is 13.2 Å². The lowest BCUT2D eigenvalue weighted by atomic mass is 10.1. The molecule has 3 N–H and O–H groups in total. The standard InChI is InChI=1S/C16H17N5O3S/c1-11-19-20-15-10-13(7-9-21(11)15)16(22)18-8-6-12-2-4-14(5-3-12)25(17,23)24/h2-5,7,9-10H,6,8H2,1H3,(H,18,22)(H2,17,23,24). The first-order valence-corrected chi connectivity index (χ1v) is 9.10. The summed E-state index contributed by atoms with van der Waals surface area (Å²) in [6.45, 7) is 2.26. The molecule has 0 saturated carbocycles. The molecule has 9 heteroatoms. The second kappa shape index (κ2) is 6.61. The molecule has 0 radical (unpaired) electrons. The topological polar surface area (TPSA) is 119 Å². The summed E-state index contributed by atoms with van der Waals surface area (Å²) in [5.74, 6) is 0.550. The number of pyridine rings is 1. The number of aromatic nitrogens is 3. The minimum absolute atomic E-state index is 0.0668. The summed E-state index contributed by atoms with van der Waals surface area (Å²) >= 11 is 0. The molecule has 3 rings (SSSR count). The molecule has 0 aliphatic heterocycles. The Hall–Kier alpha value is -2.78.